The molecule has 0 radical (unpaired) electrons. The summed E-state index contributed by atoms with van der Waals surface area (Å²) in [5.74, 6) is -6.23. The molecule has 0 saturated heterocycles. The Labute approximate surface area is 222 Å². The number of nitrogens with two attached hydrogens (primary N) is 1. The van der Waals surface area contributed by atoms with Crippen molar-refractivity contribution in [2.75, 3.05) is 21.2 Å². The molecule has 1 heterocycles. The molecular formula is C27H27N3O9. The summed E-state index contributed by atoms with van der Waals surface area (Å²) in [7, 11) is 4.54. The summed E-state index contributed by atoms with van der Waals surface area (Å²) in [6.45, 7) is 0. The summed E-state index contributed by atoms with van der Waals surface area (Å²) in [4.78, 5) is 45.4. The van der Waals surface area contributed by atoms with E-state index in [0.29, 0.717) is 22.6 Å². The minimum atomic E-state index is -2.69. The van der Waals surface area contributed by atoms with E-state index < -0.39 is 58.0 Å². The average Bonchev–Trinajstić information content (AvgIpc) is 3.33. The van der Waals surface area contributed by atoms with Crippen molar-refractivity contribution in [1.29, 1.82) is 0 Å². The second kappa shape index (κ2) is 9.10. The van der Waals surface area contributed by atoms with Crippen molar-refractivity contribution in [1.82, 2.24) is 4.90 Å². The number of hydrogen-bond acceptors (Lipinski definition) is 11. The third kappa shape index (κ3) is 3.67. The van der Waals surface area contributed by atoms with Crippen LogP contribution in [0.1, 0.15) is 28.1 Å². The molecule has 1 aromatic carbocycles. The summed E-state index contributed by atoms with van der Waals surface area (Å²) in [6, 6.07) is 5.18. The molecule has 1 unspecified atom stereocenters. The number of nitrogens with zero attached hydrogens (tertiary/aromatic N) is 2. The third-order valence-corrected chi connectivity index (χ3v) is 7.78. The second-order valence-corrected chi connectivity index (χ2v) is 10.1. The number of amides is 1. The molecule has 1 aromatic heterocycles. The minimum Gasteiger partial charge on any atom is -0.510 e. The number of ketones is 2. The number of Topliss-reactive ketones (excluding diaryl/α,β-unsaturated/α-hetero) is 2. The van der Waals surface area contributed by atoms with Gasteiger partial charge in [-0.25, -0.2) is 0 Å². The van der Waals surface area contributed by atoms with Crippen molar-refractivity contribution in [2.45, 2.75) is 24.5 Å². The quantitative estimate of drug-likeness (QED) is 0.211. The Morgan fingerprint density at radius 2 is 1.92 bits per heavy atom. The highest BCUT2D eigenvalue weighted by atomic mass is 16.6. The monoisotopic (exact) mass is 537 g/mol. The lowest BCUT2D eigenvalue weighted by Crippen LogP contribution is -2.63. The van der Waals surface area contributed by atoms with Gasteiger partial charge < -0.3 is 35.4 Å². The minimum absolute atomic E-state index is 0.00917. The van der Waals surface area contributed by atoms with E-state index in [2.05, 4.69) is 9.99 Å². The fourth-order valence-electron chi connectivity index (χ4n) is 6.15. The predicted molar refractivity (Wildman–Crippen MR) is 136 cm³/mol. The van der Waals surface area contributed by atoms with Crippen LogP contribution in [0.4, 0.5) is 0 Å². The largest absolute Gasteiger partial charge is 0.510 e. The Balaban J connectivity index is 1.68. The lowest BCUT2D eigenvalue weighted by Gasteiger charge is -2.50. The van der Waals surface area contributed by atoms with E-state index in [1.165, 1.54) is 24.3 Å². The molecule has 12 heteroatoms. The fraction of sp³-hybridized carbons (Fsp3) is 0.333. The topological polar surface area (TPSA) is 196 Å². The van der Waals surface area contributed by atoms with Crippen molar-refractivity contribution >= 4 is 23.7 Å². The van der Waals surface area contributed by atoms with E-state index in [-0.39, 0.29) is 29.7 Å². The van der Waals surface area contributed by atoms with Crippen LogP contribution in [0.3, 0.4) is 0 Å². The first-order chi connectivity index (χ1) is 18.4. The van der Waals surface area contributed by atoms with Gasteiger partial charge in [-0.1, -0.05) is 5.16 Å². The smallest absolute Gasteiger partial charge is 0.255 e. The summed E-state index contributed by atoms with van der Waals surface area (Å²) in [5.41, 5.74) is 2.47. The normalized spacial score (nSPS) is 26.6. The molecule has 0 saturated carbocycles. The molecule has 0 bridgehead atoms. The Morgan fingerprint density at radius 1 is 1.21 bits per heavy atom. The number of primary amides is 1. The molecule has 4 atom stereocenters. The lowest BCUT2D eigenvalue weighted by molar-refractivity contribution is -0.148. The van der Waals surface area contributed by atoms with Crippen LogP contribution in [-0.4, -0.2) is 81.9 Å². The first kappa shape index (κ1) is 26.2. The number of fused-ring (bicyclic) bond motifs is 3. The zero-order valence-corrected chi connectivity index (χ0v) is 21.3. The maximum atomic E-state index is 13.8. The van der Waals surface area contributed by atoms with E-state index in [0.717, 1.165) is 0 Å². The number of benzene rings is 1. The molecule has 1 amide bonds. The van der Waals surface area contributed by atoms with Gasteiger partial charge in [0.25, 0.3) is 5.91 Å². The molecule has 12 nitrogen and oxygen atoms in total. The van der Waals surface area contributed by atoms with Crippen LogP contribution in [0, 0.1) is 11.8 Å². The first-order valence-electron chi connectivity index (χ1n) is 12.1. The number of phenolic OH excluding ortho intramolecular Hbond substituents is 1. The average molecular weight is 538 g/mol. The lowest BCUT2D eigenvalue weighted by atomic mass is 9.58. The molecule has 0 spiro atoms. The van der Waals surface area contributed by atoms with Gasteiger partial charge >= 0.3 is 0 Å². The number of rotatable bonds is 5. The second-order valence-electron chi connectivity index (χ2n) is 10.1. The molecule has 6 N–H and O–H groups in total. The maximum Gasteiger partial charge on any atom is 0.255 e. The molecule has 39 heavy (non-hydrogen) atoms. The Hall–Kier alpha value is -4.42. The predicted octanol–water partition coefficient (Wildman–Crippen LogP) is 1.36. The number of phenols is 1. The van der Waals surface area contributed by atoms with E-state index in [9.17, 15) is 34.8 Å². The highest BCUT2D eigenvalue weighted by Gasteiger charge is 2.63. The van der Waals surface area contributed by atoms with Gasteiger partial charge in [-0.05, 0) is 62.7 Å². The maximum absolute atomic E-state index is 13.8. The van der Waals surface area contributed by atoms with Crippen molar-refractivity contribution < 1.29 is 44.1 Å². The summed E-state index contributed by atoms with van der Waals surface area (Å²) >= 11 is 0. The molecule has 2 aromatic rings. The summed E-state index contributed by atoms with van der Waals surface area (Å²) in [6.07, 6.45) is 1.50. The van der Waals surface area contributed by atoms with Gasteiger partial charge in [0.05, 0.1) is 11.6 Å². The van der Waals surface area contributed by atoms with Crippen LogP contribution in [0.2, 0.25) is 0 Å². The number of aliphatic hydroxyl groups excluding tert-OH is 2. The number of aliphatic hydroxyl groups is 3. The number of carbonyl (C=O) groups is 3. The van der Waals surface area contributed by atoms with Gasteiger partial charge in [-0.3, -0.25) is 19.3 Å². The van der Waals surface area contributed by atoms with Gasteiger partial charge in [-0.2, -0.15) is 0 Å². The Kier molecular flexibility index (Phi) is 6.11. The number of aromatic hydroxyl groups is 1. The van der Waals surface area contributed by atoms with E-state index >= 15 is 0 Å². The van der Waals surface area contributed by atoms with Gasteiger partial charge in [0.1, 0.15) is 47.7 Å². The highest BCUT2D eigenvalue weighted by Crippen LogP contribution is 2.53. The first-order valence-corrected chi connectivity index (χ1v) is 12.1. The van der Waals surface area contributed by atoms with E-state index in [1.54, 1.807) is 32.3 Å². The van der Waals surface area contributed by atoms with Crippen molar-refractivity contribution in [2.24, 2.45) is 22.7 Å². The number of furan rings is 1. The van der Waals surface area contributed by atoms with Crippen LogP contribution in [0.15, 0.2) is 56.5 Å². The fourth-order valence-corrected chi connectivity index (χ4v) is 6.15. The SMILES string of the molecule is CO/N=C/c1ccc(-c2ccc(O)c3c2C[C@@H]2C[C@@H]4C(N(C)C)C(O)=C(C(N)=O)C(=O)[C@]4(O)C(O)=C2C3=O)o1. The van der Waals surface area contributed by atoms with E-state index in [1.807, 2.05) is 0 Å². The summed E-state index contributed by atoms with van der Waals surface area (Å²) in [5, 5.41) is 48.2. The van der Waals surface area contributed by atoms with Gasteiger partial charge in [0.15, 0.2) is 11.4 Å². The number of hydrogen-bond donors (Lipinski definition) is 5. The van der Waals surface area contributed by atoms with Crippen LogP contribution in [-0.2, 0) is 20.8 Å². The number of allylic oxidation sites excluding steroid dienone is 1. The molecule has 204 valence electrons. The van der Waals surface area contributed by atoms with Crippen LogP contribution in [0.5, 0.6) is 5.75 Å². The van der Waals surface area contributed by atoms with Gasteiger partial charge in [0, 0.05) is 17.1 Å². The standard InChI is InChI=1S/C27H27N3O9/c1-30(2)21-15-9-11-8-14-13(17-7-4-12(39-17)10-29-38-3)5-6-16(31)19(14)22(32)18(11)24(34)27(15,37)25(35)20(23(21)33)26(28)36/h4-7,10-11,15,21,31,33-34,37H,8-9H2,1-3H3,(H2,28,36)/b29-10+/t11-,15-,21?,27-/m1/s1. The Bertz CT molecular complexity index is 1520. The number of oxime groups is 1. The van der Waals surface area contributed by atoms with Crippen LogP contribution in [0.25, 0.3) is 11.3 Å². The number of likely N-dealkylation sites (N-methyl/N-ethyl adjacent to an activating group) is 1. The molecule has 5 rings (SSSR count). The molecular weight excluding hydrogens is 510 g/mol. The number of carbonyl (C=O) groups excluding carboxylic acids is 3. The Morgan fingerprint density at radius 3 is 2.56 bits per heavy atom. The van der Waals surface area contributed by atoms with Crippen molar-refractivity contribution in [3.63, 3.8) is 0 Å². The zero-order valence-electron chi connectivity index (χ0n) is 21.3. The van der Waals surface area contributed by atoms with E-state index in [4.69, 9.17) is 10.2 Å². The van der Waals surface area contributed by atoms with Crippen LogP contribution >= 0.6 is 0 Å². The molecule has 3 aliphatic carbocycles. The molecule has 0 aliphatic heterocycles. The van der Waals surface area contributed by atoms with Gasteiger partial charge in [-0.15, -0.1) is 0 Å². The van der Waals surface area contributed by atoms with Crippen molar-refractivity contribution in [3.8, 4) is 17.1 Å². The van der Waals surface area contributed by atoms with Crippen LogP contribution < -0.4 is 5.73 Å². The molecule has 3 aliphatic rings. The third-order valence-electron chi connectivity index (χ3n) is 7.78. The highest BCUT2D eigenvalue weighted by molar-refractivity contribution is 6.24. The van der Waals surface area contributed by atoms with Crippen molar-refractivity contribution in [3.05, 3.63) is 63.8 Å². The van der Waals surface area contributed by atoms with Gasteiger partial charge in [0.2, 0.25) is 5.78 Å². The summed E-state index contributed by atoms with van der Waals surface area (Å²) < 4.78 is 5.83. The molecule has 0 fully saturated rings. The zero-order chi connectivity index (χ0) is 28.4.